The van der Waals surface area contributed by atoms with E-state index in [1.807, 2.05) is 0 Å². The maximum atomic E-state index is 12.4. The molecule has 2 aromatic rings. The van der Waals surface area contributed by atoms with Crippen molar-refractivity contribution in [2.45, 2.75) is 11.4 Å². The number of rotatable bonds is 4. The Hall–Kier alpha value is -1.44. The fraction of sp³-hybridized carbons (Fsp3) is 0.273. The minimum absolute atomic E-state index is 0.00613. The summed E-state index contributed by atoms with van der Waals surface area (Å²) >= 11 is 5.90. The van der Waals surface area contributed by atoms with E-state index in [0.29, 0.717) is 5.82 Å². The van der Waals surface area contributed by atoms with Crippen molar-refractivity contribution in [2.75, 3.05) is 7.05 Å². The highest BCUT2D eigenvalue weighted by Gasteiger charge is 2.24. The number of sulfonamides is 1. The third-order valence-electron chi connectivity index (χ3n) is 2.71. The number of aryl methyl sites for hydroxylation is 1. The van der Waals surface area contributed by atoms with Gasteiger partial charge in [0, 0.05) is 38.9 Å². The van der Waals surface area contributed by atoms with E-state index in [1.165, 1.54) is 29.8 Å². The van der Waals surface area contributed by atoms with E-state index in [-0.39, 0.29) is 16.5 Å². The second-order valence-electron chi connectivity index (χ2n) is 4.02. The van der Waals surface area contributed by atoms with Crippen LogP contribution < -0.4 is 0 Å². The van der Waals surface area contributed by atoms with Crippen molar-refractivity contribution in [3.05, 3.63) is 41.7 Å². The Balaban J connectivity index is 2.30. The Labute approximate surface area is 116 Å². The van der Waals surface area contributed by atoms with Gasteiger partial charge >= 0.3 is 0 Å². The van der Waals surface area contributed by atoms with Crippen LogP contribution in [-0.4, -0.2) is 34.3 Å². The maximum Gasteiger partial charge on any atom is 0.246 e. The van der Waals surface area contributed by atoms with Crippen molar-refractivity contribution < 1.29 is 8.42 Å². The molecular formula is C11H13ClN4O2S. The first-order chi connectivity index (χ1) is 8.93. The molecule has 0 aliphatic rings. The number of nitrogens with zero attached hydrogens (tertiary/aromatic N) is 4. The van der Waals surface area contributed by atoms with Gasteiger partial charge in [0.25, 0.3) is 0 Å². The van der Waals surface area contributed by atoms with Gasteiger partial charge in [0.2, 0.25) is 10.0 Å². The second-order valence-corrected chi connectivity index (χ2v) is 6.44. The SMILES string of the molecule is CN(Cc1nccn1C)S(=O)(=O)c1cnccc1Cl. The third-order valence-corrected chi connectivity index (χ3v) is 4.98. The molecular weight excluding hydrogens is 288 g/mol. The molecule has 2 rings (SSSR count). The lowest BCUT2D eigenvalue weighted by atomic mass is 10.5. The number of imidazole rings is 1. The van der Waals surface area contributed by atoms with Gasteiger partial charge in [-0.1, -0.05) is 11.6 Å². The van der Waals surface area contributed by atoms with Gasteiger partial charge in [-0.2, -0.15) is 4.31 Å². The smallest absolute Gasteiger partial charge is 0.246 e. The molecule has 0 aliphatic heterocycles. The highest BCUT2D eigenvalue weighted by molar-refractivity contribution is 7.89. The van der Waals surface area contributed by atoms with E-state index in [1.54, 1.807) is 24.0 Å². The highest BCUT2D eigenvalue weighted by Crippen LogP contribution is 2.23. The van der Waals surface area contributed by atoms with Crippen LogP contribution in [0.25, 0.3) is 0 Å². The molecule has 0 radical (unpaired) electrons. The molecule has 0 amide bonds. The molecule has 0 saturated carbocycles. The summed E-state index contributed by atoms with van der Waals surface area (Å²) < 4.78 is 27.7. The van der Waals surface area contributed by atoms with E-state index >= 15 is 0 Å². The summed E-state index contributed by atoms with van der Waals surface area (Å²) in [7, 11) is -0.392. The summed E-state index contributed by atoms with van der Waals surface area (Å²) in [5.74, 6) is 0.645. The molecule has 0 atom stereocenters. The molecule has 0 saturated heterocycles. The number of aromatic nitrogens is 3. The van der Waals surface area contributed by atoms with Gasteiger partial charge in [-0.3, -0.25) is 4.98 Å². The van der Waals surface area contributed by atoms with E-state index in [9.17, 15) is 8.42 Å². The van der Waals surface area contributed by atoms with Crippen molar-refractivity contribution in [3.8, 4) is 0 Å². The molecule has 6 nitrogen and oxygen atoms in total. The minimum Gasteiger partial charge on any atom is -0.337 e. The number of pyridine rings is 1. The van der Waals surface area contributed by atoms with Crippen molar-refractivity contribution in [2.24, 2.45) is 7.05 Å². The minimum atomic E-state index is -3.68. The van der Waals surface area contributed by atoms with Gasteiger partial charge in [-0.25, -0.2) is 13.4 Å². The fourth-order valence-electron chi connectivity index (χ4n) is 1.55. The first-order valence-corrected chi connectivity index (χ1v) is 7.27. The number of hydrogen-bond donors (Lipinski definition) is 0. The van der Waals surface area contributed by atoms with Gasteiger partial charge in [0.15, 0.2) is 0 Å². The van der Waals surface area contributed by atoms with Crippen molar-refractivity contribution in [3.63, 3.8) is 0 Å². The molecule has 0 bridgehead atoms. The third kappa shape index (κ3) is 2.78. The number of hydrogen-bond acceptors (Lipinski definition) is 4. The predicted molar refractivity (Wildman–Crippen MR) is 71.1 cm³/mol. The lowest BCUT2D eigenvalue weighted by Crippen LogP contribution is -2.28. The molecule has 0 N–H and O–H groups in total. The zero-order valence-electron chi connectivity index (χ0n) is 10.5. The molecule has 0 spiro atoms. The molecule has 0 unspecified atom stereocenters. The Morgan fingerprint density at radius 1 is 1.42 bits per heavy atom. The van der Waals surface area contributed by atoms with E-state index in [0.717, 1.165) is 0 Å². The van der Waals surface area contributed by atoms with E-state index < -0.39 is 10.0 Å². The van der Waals surface area contributed by atoms with Gasteiger partial charge in [-0.15, -0.1) is 0 Å². The van der Waals surface area contributed by atoms with Crippen molar-refractivity contribution in [1.29, 1.82) is 0 Å². The van der Waals surface area contributed by atoms with Crippen LogP contribution in [0.15, 0.2) is 35.7 Å². The lowest BCUT2D eigenvalue weighted by molar-refractivity contribution is 0.451. The summed E-state index contributed by atoms with van der Waals surface area (Å²) in [6, 6.07) is 1.45. The van der Waals surface area contributed by atoms with Crippen LogP contribution in [0, 0.1) is 0 Å². The second kappa shape index (κ2) is 5.28. The molecule has 2 heterocycles. The van der Waals surface area contributed by atoms with Gasteiger partial charge in [-0.05, 0) is 6.07 Å². The van der Waals surface area contributed by atoms with Crippen LogP contribution in [0.3, 0.4) is 0 Å². The van der Waals surface area contributed by atoms with Gasteiger partial charge in [0.05, 0.1) is 11.6 Å². The van der Waals surface area contributed by atoms with Crippen LogP contribution in [0.2, 0.25) is 5.02 Å². The molecule has 102 valence electrons. The Kier molecular flexibility index (Phi) is 3.88. The average molecular weight is 301 g/mol. The molecule has 0 fully saturated rings. The van der Waals surface area contributed by atoms with Crippen molar-refractivity contribution in [1.82, 2.24) is 18.8 Å². The summed E-state index contributed by atoms with van der Waals surface area (Å²) in [6.07, 6.45) is 6.06. The fourth-order valence-corrected chi connectivity index (χ4v) is 3.08. The molecule has 2 aromatic heterocycles. The maximum absolute atomic E-state index is 12.4. The normalized spacial score (nSPS) is 12.0. The zero-order chi connectivity index (χ0) is 14.0. The summed E-state index contributed by atoms with van der Waals surface area (Å²) in [4.78, 5) is 7.89. The van der Waals surface area contributed by atoms with E-state index in [4.69, 9.17) is 11.6 Å². The summed E-state index contributed by atoms with van der Waals surface area (Å²) in [6.45, 7) is 0.164. The monoisotopic (exact) mass is 300 g/mol. The van der Waals surface area contributed by atoms with Gasteiger partial charge in [0.1, 0.15) is 10.7 Å². The van der Waals surface area contributed by atoms with Gasteiger partial charge < -0.3 is 4.57 Å². The molecule has 0 aliphatic carbocycles. The molecule has 8 heteroatoms. The van der Waals surface area contributed by atoms with Crippen LogP contribution in [0.4, 0.5) is 0 Å². The van der Waals surface area contributed by atoms with Crippen LogP contribution in [-0.2, 0) is 23.6 Å². The standard InChI is InChI=1S/C11H13ClN4O2S/c1-15-6-5-14-11(15)8-16(2)19(17,18)10-7-13-4-3-9(10)12/h3-7H,8H2,1-2H3. The van der Waals surface area contributed by atoms with Crippen LogP contribution in [0.1, 0.15) is 5.82 Å². The van der Waals surface area contributed by atoms with Crippen molar-refractivity contribution >= 4 is 21.6 Å². The summed E-state index contributed by atoms with van der Waals surface area (Å²) in [5, 5.41) is 0.154. The molecule has 0 aromatic carbocycles. The first-order valence-electron chi connectivity index (χ1n) is 5.45. The van der Waals surface area contributed by atoms with E-state index in [2.05, 4.69) is 9.97 Å². The van der Waals surface area contributed by atoms with Crippen LogP contribution >= 0.6 is 11.6 Å². The Morgan fingerprint density at radius 2 is 2.16 bits per heavy atom. The molecule has 19 heavy (non-hydrogen) atoms. The largest absolute Gasteiger partial charge is 0.337 e. The first kappa shape index (κ1) is 14.0. The Morgan fingerprint density at radius 3 is 2.74 bits per heavy atom. The number of halogens is 1. The Bertz CT molecular complexity index is 684. The highest BCUT2D eigenvalue weighted by atomic mass is 35.5. The lowest BCUT2D eigenvalue weighted by Gasteiger charge is -2.17. The van der Waals surface area contributed by atoms with Crippen LogP contribution in [0.5, 0.6) is 0 Å². The predicted octanol–water partition coefficient (Wildman–Crippen LogP) is 1.29. The average Bonchev–Trinajstić information content (AvgIpc) is 2.75. The quantitative estimate of drug-likeness (QED) is 0.853. The zero-order valence-corrected chi connectivity index (χ0v) is 12.1. The topological polar surface area (TPSA) is 68.1 Å². The summed E-state index contributed by atoms with van der Waals surface area (Å²) in [5.41, 5.74) is 0.